The number of amides is 3. The molecule has 4 atom stereocenters. The second-order valence-electron chi connectivity index (χ2n) is 17.0. The van der Waals surface area contributed by atoms with Crippen LogP contribution in [-0.2, 0) is 39.9 Å². The van der Waals surface area contributed by atoms with Gasteiger partial charge in [-0.15, -0.1) is 0 Å². The average Bonchev–Trinajstić information content (AvgIpc) is 3.53. The zero-order chi connectivity index (χ0) is 43.7. The number of aldehydes is 1. The first-order valence-electron chi connectivity index (χ1n) is 21.1. The van der Waals surface area contributed by atoms with E-state index in [0.29, 0.717) is 37.9 Å². The SMILES string of the molecule is CSCC[C@H](CC=O)C(=O)N[C@@H](CC(C)C)C(=O)C[C@@H](Cc1ccccc1)C(=O)NCCCC[C@@H](NC(=O)OCC1c2ccccc2-c2ccccc21)C(=O)OC(C)(C)C. The Labute approximate surface area is 359 Å². The molecule has 0 saturated heterocycles. The van der Waals surface area contributed by atoms with Gasteiger partial charge in [-0.05, 0) is 105 Å². The van der Waals surface area contributed by atoms with Crippen molar-refractivity contribution in [3.05, 3.63) is 95.6 Å². The van der Waals surface area contributed by atoms with Gasteiger partial charge < -0.3 is 30.2 Å². The van der Waals surface area contributed by atoms with Crippen LogP contribution in [0, 0.1) is 17.8 Å². The number of nitrogens with one attached hydrogen (secondary N) is 3. The van der Waals surface area contributed by atoms with Gasteiger partial charge in [0.15, 0.2) is 5.78 Å². The molecule has 3 N–H and O–H groups in total. The van der Waals surface area contributed by atoms with Crippen molar-refractivity contribution in [3.63, 3.8) is 0 Å². The van der Waals surface area contributed by atoms with Crippen LogP contribution in [0.1, 0.15) is 102 Å². The Morgan fingerprint density at radius 1 is 0.783 bits per heavy atom. The van der Waals surface area contributed by atoms with Gasteiger partial charge in [0.05, 0.1) is 6.04 Å². The second-order valence-corrected chi connectivity index (χ2v) is 18.0. The molecule has 12 heteroatoms. The molecule has 3 aromatic rings. The van der Waals surface area contributed by atoms with Crippen LogP contribution in [-0.4, -0.2) is 78.8 Å². The number of hydrogen-bond acceptors (Lipinski definition) is 9. The summed E-state index contributed by atoms with van der Waals surface area (Å²) in [6, 6.07) is 23.8. The number of rotatable bonds is 24. The van der Waals surface area contributed by atoms with Crippen molar-refractivity contribution in [2.24, 2.45) is 17.8 Å². The largest absolute Gasteiger partial charge is 0.458 e. The Balaban J connectivity index is 1.36. The second kappa shape index (κ2) is 23.7. The van der Waals surface area contributed by atoms with Crippen LogP contribution in [0.5, 0.6) is 0 Å². The maximum Gasteiger partial charge on any atom is 0.407 e. The van der Waals surface area contributed by atoms with Gasteiger partial charge in [-0.25, -0.2) is 9.59 Å². The summed E-state index contributed by atoms with van der Waals surface area (Å²) in [5.41, 5.74) is 4.50. The van der Waals surface area contributed by atoms with E-state index >= 15 is 0 Å². The minimum Gasteiger partial charge on any atom is -0.458 e. The van der Waals surface area contributed by atoms with E-state index in [2.05, 4.69) is 28.1 Å². The van der Waals surface area contributed by atoms with Gasteiger partial charge in [0.2, 0.25) is 11.8 Å². The molecule has 1 aliphatic carbocycles. The van der Waals surface area contributed by atoms with E-state index in [9.17, 15) is 28.8 Å². The number of carbonyl (C=O) groups is 6. The quantitative estimate of drug-likeness (QED) is 0.0465. The molecule has 0 radical (unpaired) electrons. The number of benzene rings is 3. The highest BCUT2D eigenvalue weighted by molar-refractivity contribution is 7.98. The maximum atomic E-state index is 13.9. The lowest BCUT2D eigenvalue weighted by atomic mass is 9.88. The van der Waals surface area contributed by atoms with Crippen LogP contribution in [0.15, 0.2) is 78.9 Å². The van der Waals surface area contributed by atoms with Gasteiger partial charge in [0.25, 0.3) is 0 Å². The highest BCUT2D eigenvalue weighted by atomic mass is 32.2. The lowest BCUT2D eigenvalue weighted by molar-refractivity contribution is -0.157. The summed E-state index contributed by atoms with van der Waals surface area (Å²) in [5, 5.41) is 8.64. The summed E-state index contributed by atoms with van der Waals surface area (Å²) in [7, 11) is 0. The molecule has 0 aromatic heterocycles. The first-order valence-corrected chi connectivity index (χ1v) is 22.5. The maximum absolute atomic E-state index is 13.9. The third kappa shape index (κ3) is 14.9. The van der Waals surface area contributed by atoms with Crippen LogP contribution >= 0.6 is 11.8 Å². The van der Waals surface area contributed by atoms with E-state index in [1.807, 2.05) is 86.8 Å². The molecular formula is C48H63N3O8S. The lowest BCUT2D eigenvalue weighted by Gasteiger charge is -2.25. The van der Waals surface area contributed by atoms with Crippen LogP contribution in [0.4, 0.5) is 4.79 Å². The third-order valence-electron chi connectivity index (χ3n) is 10.5. The van der Waals surface area contributed by atoms with Crippen LogP contribution in [0.3, 0.4) is 0 Å². The molecule has 4 rings (SSSR count). The fourth-order valence-electron chi connectivity index (χ4n) is 7.54. The Hall–Kier alpha value is -4.97. The number of fused-ring (bicyclic) bond motifs is 3. The van der Waals surface area contributed by atoms with Gasteiger partial charge >= 0.3 is 12.1 Å². The van der Waals surface area contributed by atoms with Gasteiger partial charge in [-0.1, -0.05) is 92.7 Å². The zero-order valence-electron chi connectivity index (χ0n) is 36.0. The van der Waals surface area contributed by atoms with Crippen molar-refractivity contribution in [2.75, 3.05) is 25.2 Å². The number of esters is 1. The first kappa shape index (κ1) is 47.7. The molecule has 0 spiro atoms. The predicted molar refractivity (Wildman–Crippen MR) is 237 cm³/mol. The van der Waals surface area contributed by atoms with Crippen LogP contribution in [0.2, 0.25) is 0 Å². The van der Waals surface area contributed by atoms with Crippen molar-refractivity contribution in [1.29, 1.82) is 0 Å². The van der Waals surface area contributed by atoms with Crippen molar-refractivity contribution < 1.29 is 38.2 Å². The molecule has 0 saturated carbocycles. The Kier molecular flexibility index (Phi) is 18.9. The molecule has 60 heavy (non-hydrogen) atoms. The topological polar surface area (TPSA) is 157 Å². The van der Waals surface area contributed by atoms with E-state index < -0.39 is 41.6 Å². The summed E-state index contributed by atoms with van der Waals surface area (Å²) < 4.78 is 11.4. The molecule has 3 amide bonds. The minimum absolute atomic E-state index is 0.0771. The Morgan fingerprint density at radius 3 is 2.02 bits per heavy atom. The molecule has 3 aromatic carbocycles. The van der Waals surface area contributed by atoms with Gasteiger partial charge in [0, 0.05) is 37.1 Å². The molecular weight excluding hydrogens is 779 g/mol. The number of Topliss-reactive ketones (excluding diaryl/α,β-unsaturated/α-hetero) is 1. The Morgan fingerprint density at radius 2 is 1.42 bits per heavy atom. The first-order chi connectivity index (χ1) is 28.7. The molecule has 0 bridgehead atoms. The van der Waals surface area contributed by atoms with Gasteiger partial charge in [-0.3, -0.25) is 14.4 Å². The summed E-state index contributed by atoms with van der Waals surface area (Å²) in [6.07, 6.45) is 4.43. The highest BCUT2D eigenvalue weighted by Gasteiger charge is 2.32. The van der Waals surface area contributed by atoms with Gasteiger partial charge in [-0.2, -0.15) is 11.8 Å². The summed E-state index contributed by atoms with van der Waals surface area (Å²) in [6.45, 7) is 9.60. The number of carbonyl (C=O) groups excluding carboxylic acids is 6. The molecule has 0 unspecified atom stereocenters. The van der Waals surface area contributed by atoms with Crippen molar-refractivity contribution in [2.45, 2.75) is 110 Å². The summed E-state index contributed by atoms with van der Waals surface area (Å²) >= 11 is 1.59. The standard InChI is InChI=1S/C48H63N3O8S/c1-32(2)28-42(50-45(55)34(23-26-52)24-27-60-6)43(53)30-35(29-33-16-8-7-9-17-33)44(54)49-25-15-14-22-41(46(56)59-48(3,4)5)51-47(57)58-31-40-38-20-12-10-18-36(38)37-19-11-13-21-39(37)40/h7-13,16-21,26,32,34-35,40-42H,14-15,22-25,27-31H2,1-6H3,(H,49,54)(H,50,55)(H,51,57)/t34-,35+,41+,42-/m0/s1. The highest BCUT2D eigenvalue weighted by Crippen LogP contribution is 2.44. The van der Waals surface area contributed by atoms with Gasteiger partial charge in [0.1, 0.15) is 24.5 Å². The zero-order valence-corrected chi connectivity index (χ0v) is 36.8. The number of thioether (sulfide) groups is 1. The number of hydrogen-bond donors (Lipinski definition) is 3. The molecule has 324 valence electrons. The van der Waals surface area contributed by atoms with Crippen LogP contribution in [0.25, 0.3) is 11.1 Å². The Bertz CT molecular complexity index is 1850. The lowest BCUT2D eigenvalue weighted by Crippen LogP contribution is -2.46. The molecule has 11 nitrogen and oxygen atoms in total. The van der Waals surface area contributed by atoms with Crippen molar-refractivity contribution in [1.82, 2.24) is 16.0 Å². The van der Waals surface area contributed by atoms with E-state index in [1.165, 1.54) is 0 Å². The molecule has 0 aliphatic heterocycles. The average molecular weight is 842 g/mol. The number of ketones is 1. The van der Waals surface area contributed by atoms with E-state index in [-0.39, 0.29) is 61.8 Å². The monoisotopic (exact) mass is 841 g/mol. The molecule has 1 aliphatic rings. The fraction of sp³-hybridized carbons (Fsp3) is 0.500. The van der Waals surface area contributed by atoms with E-state index in [1.54, 1.807) is 32.5 Å². The van der Waals surface area contributed by atoms with Crippen molar-refractivity contribution >= 4 is 47.7 Å². The third-order valence-corrected chi connectivity index (χ3v) is 11.2. The van der Waals surface area contributed by atoms with E-state index in [0.717, 1.165) is 34.1 Å². The van der Waals surface area contributed by atoms with Crippen molar-refractivity contribution in [3.8, 4) is 11.1 Å². The number of alkyl carbamates (subject to hydrolysis) is 1. The summed E-state index contributed by atoms with van der Waals surface area (Å²) in [4.78, 5) is 78.8. The van der Waals surface area contributed by atoms with Crippen LogP contribution < -0.4 is 16.0 Å². The fourth-order valence-corrected chi connectivity index (χ4v) is 8.06. The van der Waals surface area contributed by atoms with E-state index in [4.69, 9.17) is 9.47 Å². The minimum atomic E-state index is -0.973. The molecule has 0 heterocycles. The normalized spacial score (nSPS) is 14.2. The number of unbranched alkanes of at least 4 members (excludes halogenated alkanes) is 1. The summed E-state index contributed by atoms with van der Waals surface area (Å²) in [5.74, 6) is -1.97. The predicted octanol–water partition coefficient (Wildman–Crippen LogP) is 7.83. The number of ether oxygens (including phenoxy) is 2. The smallest absolute Gasteiger partial charge is 0.407 e. The molecule has 0 fully saturated rings.